The molecule has 0 spiro atoms. The summed E-state index contributed by atoms with van der Waals surface area (Å²) in [6, 6.07) is 9.03. The molecule has 0 aliphatic carbocycles. The van der Waals surface area contributed by atoms with Crippen LogP contribution in [0, 0.1) is 6.92 Å². The van der Waals surface area contributed by atoms with E-state index in [1.165, 1.54) is 11.8 Å². The van der Waals surface area contributed by atoms with Gasteiger partial charge in [-0.1, -0.05) is 16.9 Å². The second kappa shape index (κ2) is 7.79. The Hall–Kier alpha value is -2.88. The molecule has 0 bridgehead atoms. The van der Waals surface area contributed by atoms with E-state index in [-0.39, 0.29) is 11.7 Å². The third-order valence-electron chi connectivity index (χ3n) is 3.06. The van der Waals surface area contributed by atoms with Crippen molar-refractivity contribution in [3.63, 3.8) is 0 Å². The minimum Gasteiger partial charge on any atom is -0.494 e. The van der Waals surface area contributed by atoms with Crippen molar-refractivity contribution in [2.45, 2.75) is 19.0 Å². The number of carbonyl (C=O) groups is 1. The molecule has 0 saturated carbocycles. The first kappa shape index (κ1) is 17.0. The number of amides is 1. The average molecular weight is 360 g/mol. The lowest BCUT2D eigenvalue weighted by Gasteiger charge is -2.06. The van der Waals surface area contributed by atoms with Crippen molar-refractivity contribution in [3.05, 3.63) is 36.1 Å². The normalized spacial score (nSPS) is 10.6. The SMILES string of the molecule is CCOc1ccc(-n2nnnc2SCC(=O)Nc2cc(C)on2)cc1. The molecule has 1 amide bonds. The number of hydrogen-bond donors (Lipinski definition) is 1. The van der Waals surface area contributed by atoms with Gasteiger partial charge in [-0.15, -0.1) is 5.10 Å². The van der Waals surface area contributed by atoms with Gasteiger partial charge in [-0.3, -0.25) is 4.79 Å². The number of nitrogens with one attached hydrogen (secondary N) is 1. The Kier molecular flexibility index (Phi) is 5.29. The van der Waals surface area contributed by atoms with E-state index >= 15 is 0 Å². The number of aromatic nitrogens is 5. The predicted molar refractivity (Wildman–Crippen MR) is 90.9 cm³/mol. The molecule has 3 aromatic rings. The Morgan fingerprint density at radius 1 is 1.36 bits per heavy atom. The van der Waals surface area contributed by atoms with Gasteiger partial charge < -0.3 is 14.6 Å². The summed E-state index contributed by atoms with van der Waals surface area (Å²) in [5.41, 5.74) is 0.781. The van der Waals surface area contributed by atoms with Crippen LogP contribution in [0.4, 0.5) is 5.82 Å². The lowest BCUT2D eigenvalue weighted by atomic mass is 10.3. The van der Waals surface area contributed by atoms with Crippen LogP contribution < -0.4 is 10.1 Å². The molecule has 0 saturated heterocycles. The highest BCUT2D eigenvalue weighted by Gasteiger charge is 2.13. The molecule has 0 radical (unpaired) electrons. The molecule has 130 valence electrons. The van der Waals surface area contributed by atoms with Gasteiger partial charge in [0.1, 0.15) is 11.5 Å². The monoisotopic (exact) mass is 360 g/mol. The van der Waals surface area contributed by atoms with Crippen LogP contribution >= 0.6 is 11.8 Å². The van der Waals surface area contributed by atoms with E-state index in [1.54, 1.807) is 17.7 Å². The summed E-state index contributed by atoms with van der Waals surface area (Å²) in [7, 11) is 0. The van der Waals surface area contributed by atoms with Crippen molar-refractivity contribution in [1.82, 2.24) is 25.4 Å². The summed E-state index contributed by atoms with van der Waals surface area (Å²) in [5.74, 6) is 1.70. The minimum atomic E-state index is -0.223. The molecule has 2 aromatic heterocycles. The van der Waals surface area contributed by atoms with Crippen molar-refractivity contribution in [2.24, 2.45) is 0 Å². The van der Waals surface area contributed by atoms with Crippen LogP contribution in [-0.4, -0.2) is 43.6 Å². The van der Waals surface area contributed by atoms with Crippen LogP contribution in [0.3, 0.4) is 0 Å². The van der Waals surface area contributed by atoms with E-state index < -0.39 is 0 Å². The van der Waals surface area contributed by atoms with Crippen LogP contribution in [0.25, 0.3) is 5.69 Å². The van der Waals surface area contributed by atoms with Gasteiger partial charge in [0.2, 0.25) is 11.1 Å². The zero-order chi connectivity index (χ0) is 17.6. The number of anilines is 1. The van der Waals surface area contributed by atoms with Gasteiger partial charge in [-0.05, 0) is 48.5 Å². The quantitative estimate of drug-likeness (QED) is 0.638. The average Bonchev–Trinajstić information content (AvgIpc) is 3.23. The van der Waals surface area contributed by atoms with Gasteiger partial charge in [0.25, 0.3) is 0 Å². The number of hydrogen-bond acceptors (Lipinski definition) is 8. The highest BCUT2D eigenvalue weighted by Crippen LogP contribution is 2.20. The maximum atomic E-state index is 12.0. The van der Waals surface area contributed by atoms with Crippen molar-refractivity contribution in [1.29, 1.82) is 0 Å². The number of nitrogens with zero attached hydrogens (tertiary/aromatic N) is 5. The molecule has 0 aliphatic rings. The van der Waals surface area contributed by atoms with Crippen molar-refractivity contribution in [3.8, 4) is 11.4 Å². The smallest absolute Gasteiger partial charge is 0.236 e. The van der Waals surface area contributed by atoms with Crippen molar-refractivity contribution < 1.29 is 14.1 Å². The third-order valence-corrected chi connectivity index (χ3v) is 3.98. The summed E-state index contributed by atoms with van der Waals surface area (Å²) < 4.78 is 11.9. The topological polar surface area (TPSA) is 108 Å². The second-order valence-corrected chi connectivity index (χ2v) is 5.90. The lowest BCUT2D eigenvalue weighted by Crippen LogP contribution is -2.14. The fraction of sp³-hybridized carbons (Fsp3) is 0.267. The molecular formula is C15H16N6O3S. The lowest BCUT2D eigenvalue weighted by molar-refractivity contribution is -0.113. The fourth-order valence-corrected chi connectivity index (χ4v) is 2.71. The molecular weight excluding hydrogens is 344 g/mol. The number of rotatable bonds is 7. The molecule has 25 heavy (non-hydrogen) atoms. The Labute approximate surface area is 147 Å². The molecule has 3 rings (SSSR count). The number of carbonyl (C=O) groups excluding carboxylic acids is 1. The highest BCUT2D eigenvalue weighted by molar-refractivity contribution is 7.99. The summed E-state index contributed by atoms with van der Waals surface area (Å²) >= 11 is 1.22. The molecule has 0 aliphatic heterocycles. The molecule has 0 fully saturated rings. The van der Waals surface area contributed by atoms with Gasteiger partial charge in [0, 0.05) is 6.07 Å². The van der Waals surface area contributed by atoms with E-state index in [4.69, 9.17) is 9.26 Å². The first-order valence-corrected chi connectivity index (χ1v) is 8.52. The summed E-state index contributed by atoms with van der Waals surface area (Å²) in [6.45, 7) is 4.28. The van der Waals surface area contributed by atoms with Crippen LogP contribution in [-0.2, 0) is 4.79 Å². The Bertz CT molecular complexity index is 845. The van der Waals surface area contributed by atoms with E-state index in [2.05, 4.69) is 26.0 Å². The van der Waals surface area contributed by atoms with Gasteiger partial charge in [-0.25, -0.2) is 0 Å². The largest absolute Gasteiger partial charge is 0.494 e. The van der Waals surface area contributed by atoms with Crippen molar-refractivity contribution in [2.75, 3.05) is 17.7 Å². The van der Waals surface area contributed by atoms with E-state index in [9.17, 15) is 4.79 Å². The first-order chi connectivity index (χ1) is 12.2. The number of benzene rings is 1. The number of thioether (sulfide) groups is 1. The first-order valence-electron chi connectivity index (χ1n) is 7.53. The predicted octanol–water partition coefficient (Wildman–Crippen LogP) is 2.09. The maximum absolute atomic E-state index is 12.0. The van der Waals surface area contributed by atoms with Crippen molar-refractivity contribution >= 4 is 23.5 Å². The highest BCUT2D eigenvalue weighted by atomic mass is 32.2. The molecule has 10 heteroatoms. The zero-order valence-corrected chi connectivity index (χ0v) is 14.5. The molecule has 1 aromatic carbocycles. The Balaban J connectivity index is 1.62. The van der Waals surface area contributed by atoms with E-state index in [0.29, 0.717) is 23.3 Å². The summed E-state index contributed by atoms with van der Waals surface area (Å²) in [5, 5.41) is 18.5. The number of tetrazole rings is 1. The summed E-state index contributed by atoms with van der Waals surface area (Å²) in [4.78, 5) is 12.0. The maximum Gasteiger partial charge on any atom is 0.236 e. The van der Waals surface area contributed by atoms with E-state index in [1.807, 2.05) is 31.2 Å². The Morgan fingerprint density at radius 2 is 2.16 bits per heavy atom. The molecule has 0 atom stereocenters. The van der Waals surface area contributed by atoms with Gasteiger partial charge in [0.15, 0.2) is 5.82 Å². The molecule has 2 heterocycles. The van der Waals surface area contributed by atoms with Crippen LogP contribution in [0.2, 0.25) is 0 Å². The zero-order valence-electron chi connectivity index (χ0n) is 13.7. The van der Waals surface area contributed by atoms with Crippen LogP contribution in [0.5, 0.6) is 5.75 Å². The van der Waals surface area contributed by atoms with Gasteiger partial charge >= 0.3 is 0 Å². The molecule has 9 nitrogen and oxygen atoms in total. The second-order valence-electron chi connectivity index (χ2n) is 4.96. The van der Waals surface area contributed by atoms with E-state index in [0.717, 1.165) is 11.4 Å². The Morgan fingerprint density at radius 3 is 2.84 bits per heavy atom. The molecule has 1 N–H and O–H groups in total. The number of ether oxygens (including phenoxy) is 1. The fourth-order valence-electron chi connectivity index (χ4n) is 2.02. The molecule has 0 unspecified atom stereocenters. The van der Waals surface area contributed by atoms with Crippen LogP contribution in [0.1, 0.15) is 12.7 Å². The standard InChI is InChI=1S/C15H16N6O3S/c1-3-23-12-6-4-11(5-7-12)21-15(17-19-20-21)25-9-14(22)16-13-8-10(2)24-18-13/h4-8H,3,9H2,1-2H3,(H,16,18,22). The minimum absolute atomic E-state index is 0.142. The van der Waals surface area contributed by atoms with Crippen LogP contribution in [0.15, 0.2) is 40.0 Å². The van der Waals surface area contributed by atoms with Gasteiger partial charge in [-0.2, -0.15) is 4.68 Å². The number of aryl methyl sites for hydroxylation is 1. The van der Waals surface area contributed by atoms with Gasteiger partial charge in [0.05, 0.1) is 18.0 Å². The summed E-state index contributed by atoms with van der Waals surface area (Å²) in [6.07, 6.45) is 0. The third kappa shape index (κ3) is 4.35.